The van der Waals surface area contributed by atoms with Gasteiger partial charge < -0.3 is 29.6 Å². The molecular formula is C24H24N2O7. The van der Waals surface area contributed by atoms with Gasteiger partial charge in [0.1, 0.15) is 6.54 Å². The maximum Gasteiger partial charge on any atom is 0.325 e. The van der Waals surface area contributed by atoms with Crippen LogP contribution in [0.5, 0.6) is 17.2 Å². The number of anilines is 1. The van der Waals surface area contributed by atoms with Gasteiger partial charge in [-0.1, -0.05) is 36.4 Å². The third kappa shape index (κ3) is 5.70. The van der Waals surface area contributed by atoms with E-state index in [0.29, 0.717) is 22.9 Å². The normalized spacial score (nSPS) is 10.3. The molecule has 3 aromatic rings. The van der Waals surface area contributed by atoms with Gasteiger partial charge in [0.25, 0.3) is 11.8 Å². The molecule has 0 saturated heterocycles. The van der Waals surface area contributed by atoms with Crippen molar-refractivity contribution in [3.05, 3.63) is 60.2 Å². The molecule has 0 aromatic heterocycles. The number of methoxy groups -OCH3 is 3. The summed E-state index contributed by atoms with van der Waals surface area (Å²) in [6, 6.07) is 16.0. The first-order chi connectivity index (χ1) is 16.0. The highest BCUT2D eigenvalue weighted by Crippen LogP contribution is 2.38. The topological polar surface area (TPSA) is 112 Å². The van der Waals surface area contributed by atoms with E-state index in [4.69, 9.17) is 18.9 Å². The zero-order chi connectivity index (χ0) is 23.8. The monoisotopic (exact) mass is 452 g/mol. The molecule has 0 unspecified atom stereocenters. The predicted octanol–water partition coefficient (Wildman–Crippen LogP) is 2.78. The van der Waals surface area contributed by atoms with Crippen LogP contribution in [0.3, 0.4) is 0 Å². The number of rotatable bonds is 9. The molecule has 0 heterocycles. The molecule has 172 valence electrons. The maximum atomic E-state index is 12.4. The van der Waals surface area contributed by atoms with Gasteiger partial charge in [-0.05, 0) is 23.6 Å². The van der Waals surface area contributed by atoms with Crippen LogP contribution in [0.25, 0.3) is 10.8 Å². The summed E-state index contributed by atoms with van der Waals surface area (Å²) in [4.78, 5) is 36.7. The molecule has 0 fully saturated rings. The lowest BCUT2D eigenvalue weighted by molar-refractivity contribution is -0.146. The maximum absolute atomic E-state index is 12.4. The SMILES string of the molecule is COc1cc(C(=O)NCC(=O)OCC(=O)Nc2cccc3ccccc23)cc(OC)c1OC. The number of hydrogen-bond donors (Lipinski definition) is 2. The summed E-state index contributed by atoms with van der Waals surface area (Å²) < 4.78 is 20.6. The third-order valence-corrected chi connectivity index (χ3v) is 4.75. The van der Waals surface area contributed by atoms with Crippen LogP contribution in [-0.4, -0.2) is 52.3 Å². The van der Waals surface area contributed by atoms with Gasteiger partial charge in [0.15, 0.2) is 18.1 Å². The second-order valence-electron chi connectivity index (χ2n) is 6.83. The molecule has 0 saturated carbocycles. The number of amides is 2. The van der Waals surface area contributed by atoms with E-state index in [-0.39, 0.29) is 5.56 Å². The van der Waals surface area contributed by atoms with Crippen molar-refractivity contribution in [2.45, 2.75) is 0 Å². The molecule has 3 rings (SSSR count). The van der Waals surface area contributed by atoms with E-state index >= 15 is 0 Å². The largest absolute Gasteiger partial charge is 0.493 e. The summed E-state index contributed by atoms with van der Waals surface area (Å²) in [5.41, 5.74) is 0.816. The standard InChI is InChI=1S/C24H24N2O7/c1-30-19-11-16(12-20(31-2)23(19)32-3)24(29)25-13-22(28)33-14-21(27)26-18-10-6-8-15-7-4-5-9-17(15)18/h4-12H,13-14H2,1-3H3,(H,25,29)(H,26,27). The first-order valence-corrected chi connectivity index (χ1v) is 9.98. The van der Waals surface area contributed by atoms with E-state index in [1.165, 1.54) is 33.5 Å². The van der Waals surface area contributed by atoms with Crippen molar-refractivity contribution >= 4 is 34.2 Å². The Bertz CT molecular complexity index is 1150. The summed E-state index contributed by atoms with van der Waals surface area (Å²) in [7, 11) is 4.31. The molecule has 0 atom stereocenters. The van der Waals surface area contributed by atoms with Crippen LogP contribution in [0.4, 0.5) is 5.69 Å². The van der Waals surface area contributed by atoms with Gasteiger partial charge in [-0.3, -0.25) is 14.4 Å². The number of hydrogen-bond acceptors (Lipinski definition) is 7. The van der Waals surface area contributed by atoms with Gasteiger partial charge in [-0.25, -0.2) is 0 Å². The fraction of sp³-hybridized carbons (Fsp3) is 0.208. The fourth-order valence-corrected chi connectivity index (χ4v) is 3.18. The van der Waals surface area contributed by atoms with Crippen LogP contribution >= 0.6 is 0 Å². The molecular weight excluding hydrogens is 428 g/mol. The van der Waals surface area contributed by atoms with Crippen molar-refractivity contribution < 1.29 is 33.3 Å². The molecule has 0 bridgehead atoms. The Morgan fingerprint density at radius 2 is 1.52 bits per heavy atom. The number of ether oxygens (including phenoxy) is 4. The van der Waals surface area contributed by atoms with Gasteiger partial charge in [0.2, 0.25) is 5.75 Å². The minimum atomic E-state index is -0.760. The molecule has 0 aliphatic heterocycles. The first kappa shape index (κ1) is 23.4. The van der Waals surface area contributed by atoms with Crippen molar-refractivity contribution in [3.8, 4) is 17.2 Å². The number of carbonyl (C=O) groups is 3. The highest BCUT2D eigenvalue weighted by atomic mass is 16.5. The van der Waals surface area contributed by atoms with Gasteiger partial charge >= 0.3 is 5.97 Å². The average molecular weight is 452 g/mol. The number of carbonyl (C=O) groups excluding carboxylic acids is 3. The van der Waals surface area contributed by atoms with Crippen molar-refractivity contribution in [3.63, 3.8) is 0 Å². The molecule has 0 aliphatic rings. The number of benzene rings is 3. The molecule has 0 aliphatic carbocycles. The van der Waals surface area contributed by atoms with Gasteiger partial charge in [-0.2, -0.15) is 0 Å². The number of fused-ring (bicyclic) bond motifs is 1. The Morgan fingerprint density at radius 1 is 0.848 bits per heavy atom. The molecule has 0 radical (unpaired) electrons. The zero-order valence-corrected chi connectivity index (χ0v) is 18.5. The van der Waals surface area contributed by atoms with E-state index in [0.717, 1.165) is 10.8 Å². The smallest absolute Gasteiger partial charge is 0.325 e. The molecule has 0 spiro atoms. The number of esters is 1. The van der Waals surface area contributed by atoms with E-state index in [9.17, 15) is 14.4 Å². The van der Waals surface area contributed by atoms with Crippen molar-refractivity contribution in [1.29, 1.82) is 0 Å². The second-order valence-corrected chi connectivity index (χ2v) is 6.83. The van der Waals surface area contributed by atoms with E-state index in [1.807, 2.05) is 36.4 Å². The molecule has 3 aromatic carbocycles. The minimum absolute atomic E-state index is 0.200. The lowest BCUT2D eigenvalue weighted by Gasteiger charge is -2.14. The molecule has 2 N–H and O–H groups in total. The van der Waals surface area contributed by atoms with Crippen molar-refractivity contribution in [1.82, 2.24) is 5.32 Å². The fourth-order valence-electron chi connectivity index (χ4n) is 3.18. The Kier molecular flexibility index (Phi) is 7.69. The van der Waals surface area contributed by atoms with Crippen LogP contribution in [-0.2, 0) is 14.3 Å². The minimum Gasteiger partial charge on any atom is -0.493 e. The lowest BCUT2D eigenvalue weighted by atomic mass is 10.1. The van der Waals surface area contributed by atoms with Crippen molar-refractivity contribution in [2.24, 2.45) is 0 Å². The second kappa shape index (κ2) is 10.9. The third-order valence-electron chi connectivity index (χ3n) is 4.75. The van der Waals surface area contributed by atoms with Gasteiger partial charge in [-0.15, -0.1) is 0 Å². The van der Waals surface area contributed by atoms with Crippen LogP contribution in [0.15, 0.2) is 54.6 Å². The summed E-state index contributed by atoms with van der Waals surface area (Å²) in [6.45, 7) is -0.904. The Labute approximate surface area is 190 Å². The highest BCUT2D eigenvalue weighted by molar-refractivity contribution is 6.03. The lowest BCUT2D eigenvalue weighted by Crippen LogP contribution is -2.32. The summed E-state index contributed by atoms with van der Waals surface area (Å²) in [5.74, 6) is -0.858. The molecule has 9 heteroatoms. The number of nitrogens with one attached hydrogen (secondary N) is 2. The first-order valence-electron chi connectivity index (χ1n) is 9.98. The van der Waals surface area contributed by atoms with E-state index < -0.39 is 30.9 Å². The molecule has 2 amide bonds. The van der Waals surface area contributed by atoms with Crippen LogP contribution in [0, 0.1) is 0 Å². The van der Waals surface area contributed by atoms with Gasteiger partial charge in [0, 0.05) is 16.6 Å². The predicted molar refractivity (Wildman–Crippen MR) is 122 cm³/mol. The zero-order valence-electron chi connectivity index (χ0n) is 18.5. The summed E-state index contributed by atoms with van der Waals surface area (Å²) in [5, 5.41) is 7.01. The molecule has 9 nitrogen and oxygen atoms in total. The highest BCUT2D eigenvalue weighted by Gasteiger charge is 2.18. The van der Waals surface area contributed by atoms with Crippen LogP contribution < -0.4 is 24.8 Å². The Hall–Kier alpha value is -4.27. The van der Waals surface area contributed by atoms with Crippen molar-refractivity contribution in [2.75, 3.05) is 39.8 Å². The Balaban J connectivity index is 1.53. The summed E-state index contributed by atoms with van der Waals surface area (Å²) >= 11 is 0. The van der Waals surface area contributed by atoms with E-state index in [2.05, 4.69) is 10.6 Å². The van der Waals surface area contributed by atoms with E-state index in [1.54, 1.807) is 6.07 Å². The quantitative estimate of drug-likeness (QED) is 0.480. The van der Waals surface area contributed by atoms with Gasteiger partial charge in [0.05, 0.1) is 21.3 Å². The molecule has 33 heavy (non-hydrogen) atoms. The summed E-state index contributed by atoms with van der Waals surface area (Å²) in [6.07, 6.45) is 0. The Morgan fingerprint density at radius 3 is 2.18 bits per heavy atom. The van der Waals surface area contributed by atoms with Crippen LogP contribution in [0.1, 0.15) is 10.4 Å². The average Bonchev–Trinajstić information content (AvgIpc) is 2.85. The van der Waals surface area contributed by atoms with Crippen LogP contribution in [0.2, 0.25) is 0 Å².